The van der Waals surface area contributed by atoms with Crippen molar-refractivity contribution in [2.24, 2.45) is 5.92 Å². The molecule has 0 aliphatic carbocycles. The smallest absolute Gasteiger partial charge is 0.310 e. The van der Waals surface area contributed by atoms with Crippen LogP contribution in [-0.4, -0.2) is 29.9 Å². The zero-order valence-corrected chi connectivity index (χ0v) is 17.7. The quantitative estimate of drug-likeness (QED) is 0.208. The zero-order valence-electron chi connectivity index (χ0n) is 15.4. The van der Waals surface area contributed by atoms with Gasteiger partial charge >= 0.3 is 5.97 Å². The molecule has 0 heterocycles. The number of alkyl halides is 2. The highest BCUT2D eigenvalue weighted by Crippen LogP contribution is 2.21. The van der Waals surface area contributed by atoms with E-state index in [0.29, 0.717) is 19.3 Å². The van der Waals surface area contributed by atoms with E-state index in [1.165, 1.54) is 19.6 Å². The summed E-state index contributed by atoms with van der Waals surface area (Å²) in [5.74, 6) is 4.95. The van der Waals surface area contributed by atoms with Crippen molar-refractivity contribution in [3.8, 4) is 11.8 Å². The molecule has 2 unspecified atom stereocenters. The SMILES string of the molecule is COC(=O)C(CCCCCC(Cl)Cl)C(CCCC#C/C=C/Cl)NC(C)=O. The van der Waals surface area contributed by atoms with E-state index in [0.717, 1.165) is 32.1 Å². The minimum Gasteiger partial charge on any atom is -0.469 e. The molecule has 0 saturated heterocycles. The number of esters is 1. The van der Waals surface area contributed by atoms with Gasteiger partial charge in [0.15, 0.2) is 0 Å². The molecular weight excluding hydrogens is 397 g/mol. The van der Waals surface area contributed by atoms with Crippen molar-refractivity contribution in [2.75, 3.05) is 7.11 Å². The Morgan fingerprint density at radius 3 is 2.38 bits per heavy atom. The molecule has 0 aliphatic heterocycles. The summed E-state index contributed by atoms with van der Waals surface area (Å²) in [4.78, 5) is 23.4. The van der Waals surface area contributed by atoms with Crippen LogP contribution in [0.25, 0.3) is 0 Å². The number of carbonyl (C=O) groups excluding carboxylic acids is 2. The fraction of sp³-hybridized carbons (Fsp3) is 0.684. The van der Waals surface area contributed by atoms with E-state index in [-0.39, 0.29) is 28.7 Å². The van der Waals surface area contributed by atoms with Crippen LogP contribution < -0.4 is 5.32 Å². The minimum atomic E-state index is -0.373. The molecule has 0 rings (SSSR count). The molecule has 26 heavy (non-hydrogen) atoms. The largest absolute Gasteiger partial charge is 0.469 e. The lowest BCUT2D eigenvalue weighted by molar-refractivity contribution is -0.147. The number of nitrogens with one attached hydrogen (secondary N) is 1. The Kier molecular flexibility index (Phi) is 15.7. The number of allylic oxidation sites excluding steroid dienone is 1. The highest BCUT2D eigenvalue weighted by Gasteiger charge is 2.29. The second kappa shape index (κ2) is 16.3. The maximum Gasteiger partial charge on any atom is 0.310 e. The first-order valence-corrected chi connectivity index (χ1v) is 10.1. The van der Waals surface area contributed by atoms with E-state index in [9.17, 15) is 9.59 Å². The van der Waals surface area contributed by atoms with Crippen molar-refractivity contribution in [2.45, 2.75) is 69.2 Å². The molecule has 148 valence electrons. The van der Waals surface area contributed by atoms with Crippen LogP contribution in [0.1, 0.15) is 58.3 Å². The Labute approximate surface area is 172 Å². The molecule has 0 fully saturated rings. The summed E-state index contributed by atoms with van der Waals surface area (Å²) in [6.45, 7) is 1.45. The summed E-state index contributed by atoms with van der Waals surface area (Å²) in [5.41, 5.74) is 1.36. The lowest BCUT2D eigenvalue weighted by Crippen LogP contribution is -2.43. The lowest BCUT2D eigenvalue weighted by Gasteiger charge is -2.26. The third-order valence-corrected chi connectivity index (χ3v) is 4.44. The third kappa shape index (κ3) is 13.3. The highest BCUT2D eigenvalue weighted by atomic mass is 35.5. The zero-order chi connectivity index (χ0) is 19.8. The van der Waals surface area contributed by atoms with Gasteiger partial charge in [0.25, 0.3) is 0 Å². The van der Waals surface area contributed by atoms with Crippen molar-refractivity contribution in [1.29, 1.82) is 0 Å². The van der Waals surface area contributed by atoms with Crippen LogP contribution in [-0.2, 0) is 14.3 Å². The third-order valence-electron chi connectivity index (χ3n) is 3.88. The number of ether oxygens (including phenoxy) is 1. The summed E-state index contributed by atoms with van der Waals surface area (Å²) in [5, 5.41) is 2.89. The summed E-state index contributed by atoms with van der Waals surface area (Å²) in [7, 11) is 1.37. The molecule has 0 aromatic rings. The number of halogens is 3. The van der Waals surface area contributed by atoms with Gasteiger partial charge in [-0.25, -0.2) is 0 Å². The number of hydrogen-bond donors (Lipinski definition) is 1. The van der Waals surface area contributed by atoms with Crippen molar-refractivity contribution < 1.29 is 14.3 Å². The van der Waals surface area contributed by atoms with Crippen molar-refractivity contribution in [3.05, 3.63) is 11.6 Å². The molecule has 0 radical (unpaired) electrons. The monoisotopic (exact) mass is 423 g/mol. The van der Waals surface area contributed by atoms with E-state index in [1.54, 1.807) is 6.08 Å². The summed E-state index contributed by atoms with van der Waals surface area (Å²) in [6, 6.07) is -0.265. The van der Waals surface area contributed by atoms with Gasteiger partial charge in [0.1, 0.15) is 4.84 Å². The number of carbonyl (C=O) groups is 2. The molecule has 2 atom stereocenters. The van der Waals surface area contributed by atoms with Crippen LogP contribution in [0.15, 0.2) is 11.6 Å². The Hall–Kier alpha value is -0.890. The van der Waals surface area contributed by atoms with Crippen molar-refractivity contribution in [1.82, 2.24) is 5.32 Å². The van der Waals surface area contributed by atoms with Gasteiger partial charge in [-0.05, 0) is 31.8 Å². The topological polar surface area (TPSA) is 55.4 Å². The molecule has 4 nitrogen and oxygen atoms in total. The number of methoxy groups -OCH3 is 1. The van der Waals surface area contributed by atoms with Gasteiger partial charge in [0, 0.05) is 24.9 Å². The number of hydrogen-bond acceptors (Lipinski definition) is 3. The fourth-order valence-corrected chi connectivity index (χ4v) is 3.05. The predicted octanol–water partition coefficient (Wildman–Crippen LogP) is 4.96. The molecule has 0 saturated carbocycles. The Morgan fingerprint density at radius 1 is 1.12 bits per heavy atom. The Morgan fingerprint density at radius 2 is 1.81 bits per heavy atom. The van der Waals surface area contributed by atoms with Gasteiger partial charge in [-0.1, -0.05) is 42.7 Å². The maximum absolute atomic E-state index is 12.2. The summed E-state index contributed by atoms with van der Waals surface area (Å²) in [6.07, 6.45) is 7.70. The van der Waals surface area contributed by atoms with Crippen molar-refractivity contribution in [3.63, 3.8) is 0 Å². The number of rotatable bonds is 12. The average molecular weight is 425 g/mol. The van der Waals surface area contributed by atoms with Crippen LogP contribution in [0, 0.1) is 17.8 Å². The molecule has 1 N–H and O–H groups in total. The van der Waals surface area contributed by atoms with Gasteiger partial charge in [0.05, 0.1) is 13.0 Å². The van der Waals surface area contributed by atoms with Gasteiger partial charge < -0.3 is 10.1 Å². The normalized spacial score (nSPS) is 13.2. The first-order valence-electron chi connectivity index (χ1n) is 8.79. The number of amides is 1. The molecule has 0 aromatic heterocycles. The predicted molar refractivity (Wildman–Crippen MR) is 108 cm³/mol. The second-order valence-corrected chi connectivity index (χ2v) is 7.50. The molecule has 0 bridgehead atoms. The van der Waals surface area contributed by atoms with Gasteiger partial charge in [-0.15, -0.1) is 23.2 Å². The van der Waals surface area contributed by atoms with Crippen LogP contribution >= 0.6 is 34.8 Å². The van der Waals surface area contributed by atoms with Crippen molar-refractivity contribution >= 4 is 46.7 Å². The van der Waals surface area contributed by atoms with Gasteiger partial charge in [-0.2, -0.15) is 0 Å². The fourth-order valence-electron chi connectivity index (χ4n) is 2.68. The average Bonchev–Trinajstić information content (AvgIpc) is 2.59. The Balaban J connectivity index is 4.70. The molecule has 7 heteroatoms. The molecule has 0 aliphatic rings. The minimum absolute atomic E-state index is 0.160. The summed E-state index contributed by atoms with van der Waals surface area (Å²) >= 11 is 16.9. The highest BCUT2D eigenvalue weighted by molar-refractivity contribution is 6.44. The Bertz CT molecular complexity index is 498. The first-order chi connectivity index (χ1) is 12.4. The molecule has 0 aromatic carbocycles. The van der Waals surface area contributed by atoms with E-state index in [2.05, 4.69) is 17.2 Å². The molecule has 0 spiro atoms. The van der Waals surface area contributed by atoms with E-state index in [4.69, 9.17) is 39.5 Å². The van der Waals surface area contributed by atoms with E-state index < -0.39 is 0 Å². The maximum atomic E-state index is 12.2. The molecular formula is C19H28Cl3NO3. The van der Waals surface area contributed by atoms with Crippen LogP contribution in [0.3, 0.4) is 0 Å². The van der Waals surface area contributed by atoms with E-state index >= 15 is 0 Å². The molecule has 1 amide bonds. The van der Waals surface area contributed by atoms with E-state index in [1.807, 2.05) is 0 Å². The number of unbranched alkanes of at least 4 members (excludes halogenated alkanes) is 3. The van der Waals surface area contributed by atoms with Gasteiger partial charge in [0.2, 0.25) is 5.91 Å². The van der Waals surface area contributed by atoms with Crippen LogP contribution in [0.4, 0.5) is 0 Å². The standard InChI is InChI=1S/C19H28Cl3NO3/c1-15(24)23-17(12-8-4-3-5-10-14-20)16(19(25)26-2)11-7-6-9-13-18(21)22/h10,14,16-18H,4,6-9,11-13H2,1-2H3,(H,23,24)/b14-10+. The van der Waals surface area contributed by atoms with Gasteiger partial charge in [-0.3, -0.25) is 9.59 Å². The van der Waals surface area contributed by atoms with Crippen LogP contribution in [0.2, 0.25) is 0 Å². The lowest BCUT2D eigenvalue weighted by atomic mass is 9.89. The first kappa shape index (κ1) is 25.1. The van der Waals surface area contributed by atoms with Crippen LogP contribution in [0.5, 0.6) is 0 Å². The second-order valence-electron chi connectivity index (χ2n) is 5.97. The summed E-state index contributed by atoms with van der Waals surface area (Å²) < 4.78 is 4.95.